The van der Waals surface area contributed by atoms with Crippen LogP contribution in [0.5, 0.6) is 11.5 Å². The Bertz CT molecular complexity index is 738. The second-order valence-corrected chi connectivity index (χ2v) is 4.69. The van der Waals surface area contributed by atoms with Gasteiger partial charge in [-0.25, -0.2) is 0 Å². The van der Waals surface area contributed by atoms with E-state index in [2.05, 4.69) is 5.32 Å². The summed E-state index contributed by atoms with van der Waals surface area (Å²) in [6.45, 7) is 0. The smallest absolute Gasteiger partial charge is 0.360 e. The zero-order valence-electron chi connectivity index (χ0n) is 10.5. The van der Waals surface area contributed by atoms with E-state index in [0.717, 1.165) is 5.56 Å². The van der Waals surface area contributed by atoms with E-state index >= 15 is 0 Å². The first-order valence-electron chi connectivity index (χ1n) is 6.34. The lowest BCUT2D eigenvalue weighted by molar-refractivity contribution is -0.0969. The lowest BCUT2D eigenvalue weighted by Crippen LogP contribution is -2.59. The molecule has 0 radical (unpaired) electrons. The Balaban J connectivity index is 1.77. The SMILES string of the molecule is O=C1NC2(C=Cc3ccccc3O2)Oc2ccccc21. The number of nitrogens with one attached hydrogen (secondary N) is 1. The van der Waals surface area contributed by atoms with Gasteiger partial charge in [0.1, 0.15) is 11.5 Å². The number of amides is 1. The van der Waals surface area contributed by atoms with E-state index in [1.165, 1.54) is 0 Å². The van der Waals surface area contributed by atoms with Gasteiger partial charge >= 0.3 is 5.91 Å². The number of para-hydroxylation sites is 2. The van der Waals surface area contributed by atoms with Gasteiger partial charge in [-0.1, -0.05) is 30.3 Å². The second kappa shape index (κ2) is 3.87. The molecule has 0 aliphatic carbocycles. The van der Waals surface area contributed by atoms with Crippen molar-refractivity contribution < 1.29 is 14.3 Å². The van der Waals surface area contributed by atoms with Gasteiger partial charge in [-0.2, -0.15) is 0 Å². The summed E-state index contributed by atoms with van der Waals surface area (Å²) >= 11 is 0. The first-order chi connectivity index (χ1) is 9.76. The molecule has 2 heterocycles. The molecule has 98 valence electrons. The van der Waals surface area contributed by atoms with E-state index in [9.17, 15) is 4.79 Å². The van der Waals surface area contributed by atoms with Crippen LogP contribution < -0.4 is 14.8 Å². The predicted molar refractivity (Wildman–Crippen MR) is 73.4 cm³/mol. The zero-order chi connectivity index (χ0) is 13.6. The first-order valence-corrected chi connectivity index (χ1v) is 6.34. The fraction of sp³-hybridized carbons (Fsp3) is 0.0625. The van der Waals surface area contributed by atoms with Gasteiger partial charge in [-0.3, -0.25) is 10.1 Å². The third kappa shape index (κ3) is 1.58. The average molecular weight is 265 g/mol. The summed E-state index contributed by atoms with van der Waals surface area (Å²) in [7, 11) is 0. The standard InChI is InChI=1S/C16H11NO3/c18-15-12-6-2-4-8-14(12)20-16(17-15)10-9-11-5-1-3-7-13(11)19-16/h1-10H,(H,17,18). The zero-order valence-corrected chi connectivity index (χ0v) is 10.5. The fourth-order valence-corrected chi connectivity index (χ4v) is 2.39. The van der Waals surface area contributed by atoms with Crippen LogP contribution in [0.15, 0.2) is 54.6 Å². The molecule has 0 bridgehead atoms. The topological polar surface area (TPSA) is 47.6 Å². The maximum atomic E-state index is 12.2. The summed E-state index contributed by atoms with van der Waals surface area (Å²) in [6, 6.07) is 14.7. The Morgan fingerprint density at radius 2 is 1.60 bits per heavy atom. The van der Waals surface area contributed by atoms with Crippen molar-refractivity contribution in [2.75, 3.05) is 0 Å². The van der Waals surface area contributed by atoms with Crippen LogP contribution in [0.1, 0.15) is 15.9 Å². The van der Waals surface area contributed by atoms with Crippen LogP contribution in [-0.2, 0) is 0 Å². The molecule has 2 aromatic carbocycles. The van der Waals surface area contributed by atoms with E-state index < -0.39 is 5.91 Å². The molecule has 1 N–H and O–H groups in total. The van der Waals surface area contributed by atoms with E-state index in [1.807, 2.05) is 36.4 Å². The molecular formula is C16H11NO3. The maximum Gasteiger partial charge on any atom is 0.360 e. The quantitative estimate of drug-likeness (QED) is 0.796. The van der Waals surface area contributed by atoms with E-state index in [1.54, 1.807) is 24.3 Å². The van der Waals surface area contributed by atoms with Gasteiger partial charge < -0.3 is 9.47 Å². The maximum absolute atomic E-state index is 12.2. The number of hydrogen-bond donors (Lipinski definition) is 1. The molecule has 4 heteroatoms. The van der Waals surface area contributed by atoms with Crippen molar-refractivity contribution >= 4 is 12.0 Å². The van der Waals surface area contributed by atoms with Gasteiger partial charge in [-0.15, -0.1) is 0 Å². The molecule has 0 aromatic heterocycles. The Hall–Kier alpha value is -2.75. The van der Waals surface area contributed by atoms with Crippen molar-refractivity contribution in [2.45, 2.75) is 5.91 Å². The number of hydrogen-bond acceptors (Lipinski definition) is 3. The molecule has 2 aliphatic rings. The Morgan fingerprint density at radius 3 is 2.50 bits per heavy atom. The van der Waals surface area contributed by atoms with Gasteiger partial charge in [0.25, 0.3) is 5.91 Å². The van der Waals surface area contributed by atoms with Gasteiger partial charge in [0.15, 0.2) is 0 Å². The molecule has 2 aliphatic heterocycles. The van der Waals surface area contributed by atoms with Crippen LogP contribution in [0.25, 0.3) is 6.08 Å². The van der Waals surface area contributed by atoms with Crippen LogP contribution in [0.4, 0.5) is 0 Å². The van der Waals surface area contributed by atoms with Gasteiger partial charge in [-0.05, 0) is 24.3 Å². The Morgan fingerprint density at radius 1 is 0.900 bits per heavy atom. The normalized spacial score (nSPS) is 22.3. The minimum Gasteiger partial charge on any atom is -0.431 e. The highest BCUT2D eigenvalue weighted by atomic mass is 16.7. The summed E-state index contributed by atoms with van der Waals surface area (Å²) in [6.07, 6.45) is 3.59. The molecule has 0 fully saturated rings. The molecule has 0 saturated carbocycles. The van der Waals surface area contributed by atoms with Crippen molar-refractivity contribution in [1.29, 1.82) is 0 Å². The van der Waals surface area contributed by atoms with E-state index in [0.29, 0.717) is 17.1 Å². The second-order valence-electron chi connectivity index (χ2n) is 4.69. The van der Waals surface area contributed by atoms with Gasteiger partial charge in [0.2, 0.25) is 0 Å². The molecule has 0 saturated heterocycles. The highest BCUT2D eigenvalue weighted by molar-refractivity contribution is 5.98. The number of rotatable bonds is 0. The number of carbonyl (C=O) groups excluding carboxylic acids is 1. The van der Waals surface area contributed by atoms with Crippen LogP contribution in [-0.4, -0.2) is 11.8 Å². The fourth-order valence-electron chi connectivity index (χ4n) is 2.39. The van der Waals surface area contributed by atoms with E-state index in [-0.39, 0.29) is 5.91 Å². The Kier molecular flexibility index (Phi) is 2.15. The first kappa shape index (κ1) is 11.1. The van der Waals surface area contributed by atoms with Crippen LogP contribution in [0.2, 0.25) is 0 Å². The summed E-state index contributed by atoms with van der Waals surface area (Å²) in [5.74, 6) is -0.286. The highest BCUT2D eigenvalue weighted by Gasteiger charge is 2.42. The molecule has 1 unspecified atom stereocenters. The Labute approximate surface area is 115 Å². The van der Waals surface area contributed by atoms with Gasteiger partial charge in [0.05, 0.1) is 5.56 Å². The predicted octanol–water partition coefficient (Wildman–Crippen LogP) is 2.57. The lowest BCUT2D eigenvalue weighted by Gasteiger charge is -2.38. The largest absolute Gasteiger partial charge is 0.431 e. The summed E-state index contributed by atoms with van der Waals surface area (Å²) < 4.78 is 11.7. The van der Waals surface area contributed by atoms with Crippen molar-refractivity contribution in [3.8, 4) is 11.5 Å². The van der Waals surface area contributed by atoms with Crippen molar-refractivity contribution in [3.63, 3.8) is 0 Å². The third-order valence-corrected chi connectivity index (χ3v) is 3.34. The van der Waals surface area contributed by atoms with Crippen molar-refractivity contribution in [1.82, 2.24) is 5.32 Å². The molecular weight excluding hydrogens is 254 g/mol. The van der Waals surface area contributed by atoms with Gasteiger partial charge in [0, 0.05) is 11.6 Å². The summed E-state index contributed by atoms with van der Waals surface area (Å²) in [4.78, 5) is 12.2. The minimum absolute atomic E-state index is 0.212. The van der Waals surface area contributed by atoms with Crippen LogP contribution >= 0.6 is 0 Å². The van der Waals surface area contributed by atoms with Crippen molar-refractivity contribution in [2.24, 2.45) is 0 Å². The molecule has 1 atom stereocenters. The molecule has 1 amide bonds. The monoisotopic (exact) mass is 265 g/mol. The average Bonchev–Trinajstić information content (AvgIpc) is 2.47. The number of carbonyl (C=O) groups is 1. The molecule has 20 heavy (non-hydrogen) atoms. The molecule has 4 rings (SSSR count). The highest BCUT2D eigenvalue weighted by Crippen LogP contribution is 2.35. The lowest BCUT2D eigenvalue weighted by atomic mass is 10.1. The molecule has 2 aromatic rings. The van der Waals surface area contributed by atoms with E-state index in [4.69, 9.17) is 9.47 Å². The van der Waals surface area contributed by atoms with Crippen LogP contribution in [0, 0.1) is 0 Å². The van der Waals surface area contributed by atoms with Crippen molar-refractivity contribution in [3.05, 3.63) is 65.7 Å². The summed E-state index contributed by atoms with van der Waals surface area (Å²) in [5.41, 5.74) is 1.46. The molecule has 4 nitrogen and oxygen atoms in total. The number of benzene rings is 2. The molecule has 1 spiro atoms. The summed E-state index contributed by atoms with van der Waals surface area (Å²) in [5, 5.41) is 2.76. The third-order valence-electron chi connectivity index (χ3n) is 3.34. The minimum atomic E-state index is -1.26. The number of fused-ring (bicyclic) bond motifs is 2. The van der Waals surface area contributed by atoms with Crippen LogP contribution in [0.3, 0.4) is 0 Å². The number of ether oxygens (including phenoxy) is 2.